The Kier molecular flexibility index (Phi) is 6.12. The largest absolute Gasteiger partial charge is 0.412 e. The van der Waals surface area contributed by atoms with Crippen molar-refractivity contribution < 1.29 is 14.6 Å². The summed E-state index contributed by atoms with van der Waals surface area (Å²) in [6.45, 7) is 1.14. The summed E-state index contributed by atoms with van der Waals surface area (Å²) in [7, 11) is 0. The molecule has 1 aromatic carbocycles. The average molecular weight is 435 g/mol. The third kappa shape index (κ3) is 4.21. The van der Waals surface area contributed by atoms with Gasteiger partial charge in [0.15, 0.2) is 5.90 Å². The third-order valence-electron chi connectivity index (χ3n) is 3.99. The number of aliphatic hydroxyl groups is 1. The Morgan fingerprint density at radius 1 is 1.24 bits per heavy atom. The molecular weight excluding hydrogens is 419 g/mol. The number of fused-ring (bicyclic) bond motifs is 1. The Morgan fingerprint density at radius 3 is 2.55 bits per heavy atom. The Hall–Kier alpha value is -3.01. The Labute approximate surface area is 175 Å². The van der Waals surface area contributed by atoms with E-state index in [1.807, 2.05) is 0 Å². The van der Waals surface area contributed by atoms with E-state index in [-0.39, 0.29) is 40.9 Å². The molecule has 3 aromatic rings. The van der Waals surface area contributed by atoms with Crippen LogP contribution >= 0.6 is 23.2 Å². The van der Waals surface area contributed by atoms with E-state index in [1.54, 1.807) is 30.5 Å². The number of benzene rings is 1. The maximum Gasteiger partial charge on any atom is 0.299 e. The minimum Gasteiger partial charge on any atom is -0.412 e. The molecule has 0 atom stereocenters. The lowest BCUT2D eigenvalue weighted by atomic mass is 10.2. The first-order valence-corrected chi connectivity index (χ1v) is 9.11. The molecule has 3 N–H and O–H groups in total. The normalized spacial score (nSPS) is 10.8. The van der Waals surface area contributed by atoms with Crippen LogP contribution in [0.15, 0.2) is 36.8 Å². The first kappa shape index (κ1) is 20.7. The predicted octanol–water partition coefficient (Wildman–Crippen LogP) is 3.17. The van der Waals surface area contributed by atoms with E-state index in [9.17, 15) is 9.90 Å². The molecule has 0 saturated heterocycles. The number of hydrogen-bond acceptors (Lipinski definition) is 7. The van der Waals surface area contributed by atoms with Gasteiger partial charge in [-0.3, -0.25) is 20.2 Å². The Balaban J connectivity index is 2.01. The molecule has 0 aliphatic rings. The van der Waals surface area contributed by atoms with Gasteiger partial charge >= 0.3 is 0 Å². The number of hydrogen-bond donors (Lipinski definition) is 3. The van der Waals surface area contributed by atoms with E-state index in [0.29, 0.717) is 11.2 Å². The molecule has 1 amide bonds. The second kappa shape index (κ2) is 8.56. The van der Waals surface area contributed by atoms with Crippen LogP contribution in [0.25, 0.3) is 10.9 Å². The van der Waals surface area contributed by atoms with Crippen LogP contribution in [-0.2, 0) is 4.74 Å². The number of halogens is 2. The van der Waals surface area contributed by atoms with E-state index >= 15 is 0 Å². The van der Waals surface area contributed by atoms with Crippen LogP contribution in [0, 0.1) is 10.8 Å². The van der Waals surface area contributed by atoms with Crippen LogP contribution in [0.4, 0.5) is 5.69 Å². The highest BCUT2D eigenvalue weighted by Crippen LogP contribution is 2.28. The zero-order valence-electron chi connectivity index (χ0n) is 15.2. The van der Waals surface area contributed by atoms with Gasteiger partial charge in [0.2, 0.25) is 0 Å². The standard InChI is InChI=1S/C18H16Cl2N6O3/c1-10(21)29-18(22)26-5-4-11-8-12(2-3-13(11)26)25(6-7-27)17(28)14-15(19)23-9-24-16(14)20/h2-5,8-9,21-22,27H,6-7H2,1H3. The highest BCUT2D eigenvalue weighted by atomic mass is 35.5. The van der Waals surface area contributed by atoms with Crippen LogP contribution in [0.3, 0.4) is 0 Å². The van der Waals surface area contributed by atoms with Crippen LogP contribution in [-0.4, -0.2) is 50.6 Å². The zero-order chi connectivity index (χ0) is 21.1. The number of amides is 1. The van der Waals surface area contributed by atoms with Gasteiger partial charge in [0.05, 0.1) is 12.1 Å². The number of rotatable bonds is 4. The number of nitrogens with zero attached hydrogens (tertiary/aromatic N) is 4. The fourth-order valence-electron chi connectivity index (χ4n) is 2.77. The van der Waals surface area contributed by atoms with Gasteiger partial charge in [-0.25, -0.2) is 9.97 Å². The van der Waals surface area contributed by atoms with Gasteiger partial charge in [0, 0.05) is 30.7 Å². The van der Waals surface area contributed by atoms with Gasteiger partial charge in [-0.05, 0) is 24.3 Å². The number of carbonyl (C=O) groups excluding carboxylic acids is 1. The molecule has 0 aliphatic heterocycles. The monoisotopic (exact) mass is 434 g/mol. The lowest BCUT2D eigenvalue weighted by molar-refractivity contribution is 0.0980. The van der Waals surface area contributed by atoms with Gasteiger partial charge in [-0.1, -0.05) is 23.2 Å². The van der Waals surface area contributed by atoms with Crippen LogP contribution < -0.4 is 4.90 Å². The SMILES string of the molecule is CC(=N)OC(=N)n1ccc2cc(N(CCO)C(=O)c3c(Cl)ncnc3Cl)ccc21. The smallest absolute Gasteiger partial charge is 0.299 e. The minimum absolute atomic E-state index is 0.00146. The summed E-state index contributed by atoms with van der Waals surface area (Å²) in [5, 5.41) is 25.3. The van der Waals surface area contributed by atoms with E-state index in [4.69, 9.17) is 38.8 Å². The molecule has 0 saturated carbocycles. The van der Waals surface area contributed by atoms with Crippen molar-refractivity contribution in [3.8, 4) is 0 Å². The maximum absolute atomic E-state index is 13.0. The molecular formula is C18H16Cl2N6O3. The topological polar surface area (TPSA) is 128 Å². The molecule has 2 heterocycles. The Bertz CT molecular complexity index is 1090. The minimum atomic E-state index is -0.552. The van der Waals surface area contributed by atoms with Crippen LogP contribution in [0.2, 0.25) is 10.3 Å². The third-order valence-corrected chi connectivity index (χ3v) is 4.56. The van der Waals surface area contributed by atoms with Crippen LogP contribution in [0.5, 0.6) is 0 Å². The van der Waals surface area contributed by atoms with Crippen molar-refractivity contribution in [2.24, 2.45) is 0 Å². The van der Waals surface area contributed by atoms with Crippen molar-refractivity contribution in [2.75, 3.05) is 18.1 Å². The summed E-state index contributed by atoms with van der Waals surface area (Å²) in [5.74, 6) is -0.657. The zero-order valence-corrected chi connectivity index (χ0v) is 16.7. The molecule has 9 nitrogen and oxygen atoms in total. The summed E-state index contributed by atoms with van der Waals surface area (Å²) in [4.78, 5) is 21.9. The predicted molar refractivity (Wildman–Crippen MR) is 110 cm³/mol. The number of ether oxygens (including phenoxy) is 1. The van der Waals surface area contributed by atoms with Crippen molar-refractivity contribution in [1.29, 1.82) is 10.8 Å². The summed E-state index contributed by atoms with van der Waals surface area (Å²) >= 11 is 12.1. The fourth-order valence-corrected chi connectivity index (χ4v) is 3.25. The summed E-state index contributed by atoms with van der Waals surface area (Å²) in [6.07, 6.45) is 2.77. The van der Waals surface area contributed by atoms with E-state index in [1.165, 1.54) is 16.4 Å². The van der Waals surface area contributed by atoms with Gasteiger partial charge in [-0.15, -0.1) is 0 Å². The maximum atomic E-state index is 13.0. The molecule has 0 bridgehead atoms. The highest BCUT2D eigenvalue weighted by Gasteiger charge is 2.24. The van der Waals surface area contributed by atoms with Crippen LogP contribution in [0.1, 0.15) is 17.3 Å². The van der Waals surface area contributed by atoms with Gasteiger partial charge in [-0.2, -0.15) is 0 Å². The number of aliphatic hydroxyl groups excluding tert-OH is 1. The van der Waals surface area contributed by atoms with Crippen molar-refractivity contribution >= 4 is 57.6 Å². The summed E-state index contributed by atoms with van der Waals surface area (Å²) in [5.41, 5.74) is 1.08. The molecule has 150 valence electrons. The molecule has 0 unspecified atom stereocenters. The second-order valence-corrected chi connectivity index (χ2v) is 6.62. The van der Waals surface area contributed by atoms with Crippen molar-refractivity contribution in [2.45, 2.75) is 6.92 Å². The average Bonchev–Trinajstić information content (AvgIpc) is 3.08. The Morgan fingerprint density at radius 2 is 1.93 bits per heavy atom. The first-order chi connectivity index (χ1) is 13.8. The van der Waals surface area contributed by atoms with E-state index in [2.05, 4.69) is 9.97 Å². The molecule has 0 spiro atoms. The first-order valence-electron chi connectivity index (χ1n) is 8.35. The summed E-state index contributed by atoms with van der Waals surface area (Å²) < 4.78 is 6.50. The van der Waals surface area contributed by atoms with E-state index in [0.717, 1.165) is 11.7 Å². The lowest BCUT2D eigenvalue weighted by Gasteiger charge is -2.22. The highest BCUT2D eigenvalue weighted by molar-refractivity contribution is 6.39. The molecule has 0 radical (unpaired) electrons. The van der Waals surface area contributed by atoms with Gasteiger partial charge in [0.25, 0.3) is 11.9 Å². The van der Waals surface area contributed by atoms with Crippen molar-refractivity contribution in [3.05, 3.63) is 52.7 Å². The second-order valence-electron chi connectivity index (χ2n) is 5.90. The number of anilines is 1. The van der Waals surface area contributed by atoms with Gasteiger partial charge < -0.3 is 14.7 Å². The quantitative estimate of drug-likeness (QED) is 0.330. The number of aromatic nitrogens is 3. The van der Waals surface area contributed by atoms with Crippen molar-refractivity contribution in [1.82, 2.24) is 14.5 Å². The molecule has 29 heavy (non-hydrogen) atoms. The number of nitrogens with one attached hydrogen (secondary N) is 2. The van der Waals surface area contributed by atoms with Gasteiger partial charge in [0.1, 0.15) is 22.2 Å². The number of carbonyl (C=O) groups is 1. The molecule has 11 heteroatoms. The summed E-state index contributed by atoms with van der Waals surface area (Å²) in [6, 6.07) is 6.59. The van der Waals surface area contributed by atoms with E-state index < -0.39 is 5.91 Å². The van der Waals surface area contributed by atoms with Crippen molar-refractivity contribution in [3.63, 3.8) is 0 Å². The fraction of sp³-hybridized carbons (Fsp3) is 0.167. The lowest BCUT2D eigenvalue weighted by Crippen LogP contribution is -2.34. The molecule has 0 fully saturated rings. The molecule has 2 aromatic heterocycles. The molecule has 3 rings (SSSR count). The molecule has 0 aliphatic carbocycles.